The maximum atomic E-state index is 12.7. The minimum atomic E-state index is -4.19. The zero-order valence-electron chi connectivity index (χ0n) is 14.4. The van der Waals surface area contributed by atoms with Crippen LogP contribution in [0.4, 0.5) is 13.2 Å². The summed E-state index contributed by atoms with van der Waals surface area (Å²) in [6.45, 7) is 5.24. The van der Waals surface area contributed by atoms with Crippen molar-refractivity contribution in [3.63, 3.8) is 0 Å². The number of nitrogens with one attached hydrogen (secondary N) is 1. The fourth-order valence-corrected chi connectivity index (χ4v) is 4.20. The SMILES string of the molecule is Cl.O=C(C1CCCN(CC(F)(F)F)C1)N1CCC(N2CCNCC2)C1. The van der Waals surface area contributed by atoms with Crippen LogP contribution in [-0.2, 0) is 4.79 Å². The number of piperazine rings is 1. The van der Waals surface area contributed by atoms with Crippen LogP contribution in [0.2, 0.25) is 0 Å². The zero-order chi connectivity index (χ0) is 17.2. The van der Waals surface area contributed by atoms with Crippen molar-refractivity contribution in [2.75, 3.05) is 58.9 Å². The fraction of sp³-hybridized carbons (Fsp3) is 0.938. The number of hydrogen-bond donors (Lipinski definition) is 1. The van der Waals surface area contributed by atoms with Crippen molar-refractivity contribution >= 4 is 18.3 Å². The Hall–Kier alpha value is -0.570. The first-order valence-corrected chi connectivity index (χ1v) is 8.95. The average molecular weight is 385 g/mol. The van der Waals surface area contributed by atoms with Gasteiger partial charge < -0.3 is 10.2 Å². The molecule has 5 nitrogen and oxygen atoms in total. The largest absolute Gasteiger partial charge is 0.401 e. The maximum Gasteiger partial charge on any atom is 0.401 e. The van der Waals surface area contributed by atoms with Crippen molar-refractivity contribution in [2.24, 2.45) is 5.92 Å². The van der Waals surface area contributed by atoms with Gasteiger partial charge in [0.2, 0.25) is 5.91 Å². The van der Waals surface area contributed by atoms with Crippen molar-refractivity contribution in [3.05, 3.63) is 0 Å². The number of likely N-dealkylation sites (tertiary alicyclic amines) is 2. The van der Waals surface area contributed by atoms with Gasteiger partial charge in [0.05, 0.1) is 12.5 Å². The lowest BCUT2D eigenvalue weighted by molar-refractivity contribution is -0.154. The standard InChI is InChI=1S/C16H27F3N4O.ClH/c17-16(18,19)12-21-6-1-2-13(10-21)15(24)23-7-3-14(11-23)22-8-4-20-5-9-22;/h13-14,20H,1-12H2;1H. The van der Waals surface area contributed by atoms with Crippen molar-refractivity contribution in [1.29, 1.82) is 0 Å². The Bertz CT molecular complexity index is 446. The van der Waals surface area contributed by atoms with Gasteiger partial charge in [-0.25, -0.2) is 0 Å². The molecule has 3 heterocycles. The molecule has 3 saturated heterocycles. The molecule has 2 atom stereocenters. The normalized spacial score (nSPS) is 29.5. The molecule has 2 unspecified atom stereocenters. The van der Waals surface area contributed by atoms with Gasteiger partial charge in [-0.15, -0.1) is 12.4 Å². The van der Waals surface area contributed by atoms with Gasteiger partial charge in [-0.2, -0.15) is 13.2 Å². The summed E-state index contributed by atoms with van der Waals surface area (Å²) in [6.07, 6.45) is -1.83. The Morgan fingerprint density at radius 3 is 2.44 bits per heavy atom. The maximum absolute atomic E-state index is 12.7. The topological polar surface area (TPSA) is 38.8 Å². The van der Waals surface area contributed by atoms with Crippen LogP contribution in [0.25, 0.3) is 0 Å². The van der Waals surface area contributed by atoms with Crippen molar-refractivity contribution < 1.29 is 18.0 Å². The molecule has 1 amide bonds. The van der Waals surface area contributed by atoms with Gasteiger partial charge in [-0.05, 0) is 25.8 Å². The molecule has 0 spiro atoms. The number of amides is 1. The van der Waals surface area contributed by atoms with E-state index in [4.69, 9.17) is 0 Å². The van der Waals surface area contributed by atoms with Crippen LogP contribution in [0.1, 0.15) is 19.3 Å². The molecule has 0 radical (unpaired) electrons. The second-order valence-electron chi connectivity index (χ2n) is 7.20. The molecule has 3 aliphatic heterocycles. The van der Waals surface area contributed by atoms with Crippen LogP contribution < -0.4 is 5.32 Å². The van der Waals surface area contributed by atoms with Gasteiger partial charge in [0.15, 0.2) is 0 Å². The van der Waals surface area contributed by atoms with E-state index in [0.29, 0.717) is 25.4 Å². The highest BCUT2D eigenvalue weighted by Gasteiger charge is 2.38. The average Bonchev–Trinajstić information content (AvgIpc) is 3.03. The number of halogens is 4. The number of rotatable bonds is 3. The summed E-state index contributed by atoms with van der Waals surface area (Å²) in [5, 5.41) is 3.33. The van der Waals surface area contributed by atoms with E-state index in [0.717, 1.165) is 45.7 Å². The van der Waals surface area contributed by atoms with Crippen LogP contribution in [0.3, 0.4) is 0 Å². The predicted octanol–water partition coefficient (Wildman–Crippen LogP) is 1.19. The molecular weight excluding hydrogens is 357 g/mol. The summed E-state index contributed by atoms with van der Waals surface area (Å²) in [4.78, 5) is 18.4. The highest BCUT2D eigenvalue weighted by Crippen LogP contribution is 2.25. The second kappa shape index (κ2) is 8.88. The van der Waals surface area contributed by atoms with Crippen LogP contribution in [0.15, 0.2) is 0 Å². The first-order valence-electron chi connectivity index (χ1n) is 8.95. The molecule has 0 aromatic rings. The van der Waals surface area contributed by atoms with Crippen LogP contribution in [0, 0.1) is 5.92 Å². The van der Waals surface area contributed by atoms with Crippen molar-refractivity contribution in [1.82, 2.24) is 20.0 Å². The van der Waals surface area contributed by atoms with E-state index in [1.807, 2.05) is 4.90 Å². The van der Waals surface area contributed by atoms with Gasteiger partial charge in [-0.1, -0.05) is 0 Å². The Balaban J connectivity index is 0.00000225. The lowest BCUT2D eigenvalue weighted by Crippen LogP contribution is -2.50. The molecule has 3 fully saturated rings. The fourth-order valence-electron chi connectivity index (χ4n) is 4.20. The molecular formula is C16H28ClF3N4O. The summed E-state index contributed by atoms with van der Waals surface area (Å²) in [5.74, 6) is -0.220. The number of alkyl halides is 3. The summed E-state index contributed by atoms with van der Waals surface area (Å²) in [6, 6.07) is 0.408. The second-order valence-corrected chi connectivity index (χ2v) is 7.20. The molecule has 9 heteroatoms. The van der Waals surface area contributed by atoms with Crippen LogP contribution in [0.5, 0.6) is 0 Å². The molecule has 146 valence electrons. The third-order valence-electron chi connectivity index (χ3n) is 5.40. The van der Waals surface area contributed by atoms with E-state index >= 15 is 0 Å². The quantitative estimate of drug-likeness (QED) is 0.793. The Morgan fingerprint density at radius 1 is 1.04 bits per heavy atom. The zero-order valence-corrected chi connectivity index (χ0v) is 15.2. The van der Waals surface area contributed by atoms with E-state index in [-0.39, 0.29) is 30.8 Å². The van der Waals surface area contributed by atoms with Gasteiger partial charge >= 0.3 is 6.18 Å². The molecule has 0 aromatic heterocycles. The monoisotopic (exact) mass is 384 g/mol. The first kappa shape index (κ1) is 20.7. The molecule has 3 rings (SSSR count). The van der Waals surface area contributed by atoms with Crippen molar-refractivity contribution in [3.8, 4) is 0 Å². The summed E-state index contributed by atoms with van der Waals surface area (Å²) in [7, 11) is 0. The third-order valence-corrected chi connectivity index (χ3v) is 5.40. The van der Waals surface area contributed by atoms with E-state index in [9.17, 15) is 18.0 Å². The molecule has 0 aromatic carbocycles. The molecule has 25 heavy (non-hydrogen) atoms. The smallest absolute Gasteiger partial charge is 0.341 e. The van der Waals surface area contributed by atoms with Gasteiger partial charge in [0.25, 0.3) is 0 Å². The van der Waals surface area contributed by atoms with E-state index in [1.54, 1.807) is 0 Å². The Labute approximate surface area is 153 Å². The lowest BCUT2D eigenvalue weighted by atomic mass is 9.96. The van der Waals surface area contributed by atoms with Gasteiger partial charge in [0.1, 0.15) is 0 Å². The Morgan fingerprint density at radius 2 is 1.76 bits per heavy atom. The Kier molecular flexibility index (Phi) is 7.37. The van der Waals surface area contributed by atoms with Gasteiger partial charge in [0, 0.05) is 51.9 Å². The number of nitrogens with zero attached hydrogens (tertiary/aromatic N) is 3. The summed E-state index contributed by atoms with van der Waals surface area (Å²) in [5.41, 5.74) is 0. The number of carbonyl (C=O) groups excluding carboxylic acids is 1. The number of carbonyl (C=O) groups is 1. The first-order chi connectivity index (χ1) is 11.4. The van der Waals surface area contributed by atoms with E-state index < -0.39 is 12.7 Å². The van der Waals surface area contributed by atoms with Crippen LogP contribution >= 0.6 is 12.4 Å². The minimum Gasteiger partial charge on any atom is -0.341 e. The van der Waals surface area contributed by atoms with E-state index in [1.165, 1.54) is 4.90 Å². The van der Waals surface area contributed by atoms with E-state index in [2.05, 4.69) is 10.2 Å². The number of piperidine rings is 1. The van der Waals surface area contributed by atoms with Crippen LogP contribution in [-0.4, -0.2) is 91.7 Å². The summed E-state index contributed by atoms with van der Waals surface area (Å²) >= 11 is 0. The predicted molar refractivity (Wildman–Crippen MR) is 91.9 cm³/mol. The molecule has 3 aliphatic rings. The third kappa shape index (κ3) is 5.70. The highest BCUT2D eigenvalue weighted by atomic mass is 35.5. The van der Waals surface area contributed by atoms with Gasteiger partial charge in [-0.3, -0.25) is 14.6 Å². The summed E-state index contributed by atoms with van der Waals surface area (Å²) < 4.78 is 37.7. The highest BCUT2D eigenvalue weighted by molar-refractivity contribution is 5.85. The van der Waals surface area contributed by atoms with Crippen molar-refractivity contribution in [2.45, 2.75) is 31.5 Å². The molecule has 0 bridgehead atoms. The molecule has 0 saturated carbocycles. The number of hydrogen-bond acceptors (Lipinski definition) is 4. The molecule has 0 aliphatic carbocycles. The molecule has 1 N–H and O–H groups in total. The lowest BCUT2D eigenvalue weighted by Gasteiger charge is -2.35. The minimum absolute atomic E-state index is 0.